The molecule has 0 aromatic heterocycles. The van der Waals surface area contributed by atoms with Gasteiger partial charge in [0, 0.05) is 0 Å². The van der Waals surface area contributed by atoms with Crippen LogP contribution in [-0.4, -0.2) is 29.2 Å². The highest BCUT2D eigenvalue weighted by atomic mass is 16.6. The van der Waals surface area contributed by atoms with E-state index in [-0.39, 0.29) is 5.91 Å². The molecular formula is C15H19N3O3. The largest absolute Gasteiger partial charge is 0.390 e. The average Bonchev–Trinajstić information content (AvgIpc) is 2.77. The van der Waals surface area contributed by atoms with Crippen molar-refractivity contribution in [3.05, 3.63) is 35.9 Å². The van der Waals surface area contributed by atoms with Gasteiger partial charge in [0.2, 0.25) is 0 Å². The average molecular weight is 289 g/mol. The quantitative estimate of drug-likeness (QED) is 0.362. The molecule has 0 spiro atoms. The van der Waals surface area contributed by atoms with Crippen LogP contribution in [0.3, 0.4) is 0 Å². The number of hydrogen-bond donors (Lipinski definition) is 1. The van der Waals surface area contributed by atoms with Crippen LogP contribution in [0.15, 0.2) is 35.5 Å². The number of imide groups is 1. The van der Waals surface area contributed by atoms with Crippen molar-refractivity contribution in [2.75, 3.05) is 0 Å². The van der Waals surface area contributed by atoms with Crippen LogP contribution in [0.25, 0.3) is 0 Å². The Morgan fingerprint density at radius 1 is 1.33 bits per heavy atom. The van der Waals surface area contributed by atoms with Crippen molar-refractivity contribution in [2.45, 2.75) is 38.8 Å². The second-order valence-corrected chi connectivity index (χ2v) is 4.83. The van der Waals surface area contributed by atoms with Crippen LogP contribution in [0.2, 0.25) is 0 Å². The minimum Gasteiger partial charge on any atom is -0.390 e. The summed E-state index contributed by atoms with van der Waals surface area (Å²) in [5.41, 5.74) is 0.965. The predicted molar refractivity (Wildman–Crippen MR) is 78.4 cm³/mol. The van der Waals surface area contributed by atoms with E-state index in [0.29, 0.717) is 13.0 Å². The first-order valence-corrected chi connectivity index (χ1v) is 7.05. The van der Waals surface area contributed by atoms with Crippen LogP contribution in [0.1, 0.15) is 31.7 Å². The van der Waals surface area contributed by atoms with Crippen molar-refractivity contribution in [3.63, 3.8) is 0 Å². The first-order chi connectivity index (χ1) is 10.2. The first-order valence-electron chi connectivity index (χ1n) is 7.05. The molecule has 6 nitrogen and oxygen atoms in total. The molecule has 1 aliphatic heterocycles. The number of hydrogen-bond acceptors (Lipinski definition) is 4. The van der Waals surface area contributed by atoms with E-state index in [4.69, 9.17) is 4.84 Å². The van der Waals surface area contributed by atoms with E-state index in [9.17, 15) is 9.59 Å². The number of benzene rings is 1. The van der Waals surface area contributed by atoms with Crippen LogP contribution >= 0.6 is 0 Å². The number of urea groups is 1. The van der Waals surface area contributed by atoms with Gasteiger partial charge in [-0.1, -0.05) is 55.3 Å². The molecule has 112 valence electrons. The molecule has 1 aliphatic rings. The number of nitrogens with one attached hydrogen (secondary N) is 1. The molecule has 1 aromatic rings. The maximum Gasteiger partial charge on any atom is 0.330 e. The van der Waals surface area contributed by atoms with Crippen LogP contribution in [0, 0.1) is 0 Å². The molecule has 1 saturated heterocycles. The van der Waals surface area contributed by atoms with E-state index in [1.807, 2.05) is 37.3 Å². The Hall–Kier alpha value is -2.37. The molecule has 0 saturated carbocycles. The zero-order chi connectivity index (χ0) is 15.1. The van der Waals surface area contributed by atoms with Gasteiger partial charge in [0.15, 0.2) is 0 Å². The lowest BCUT2D eigenvalue weighted by Crippen LogP contribution is -2.30. The second kappa shape index (κ2) is 7.42. The van der Waals surface area contributed by atoms with Gasteiger partial charge in [0.05, 0.1) is 0 Å². The van der Waals surface area contributed by atoms with Gasteiger partial charge in [0.1, 0.15) is 19.0 Å². The fourth-order valence-corrected chi connectivity index (χ4v) is 2.03. The number of carbonyl (C=O) groups excluding carboxylic acids is 2. The van der Waals surface area contributed by atoms with Crippen LogP contribution in [0.5, 0.6) is 0 Å². The van der Waals surface area contributed by atoms with Crippen LogP contribution in [0.4, 0.5) is 4.79 Å². The van der Waals surface area contributed by atoms with Gasteiger partial charge < -0.3 is 10.2 Å². The summed E-state index contributed by atoms with van der Waals surface area (Å²) in [6, 6.07) is 8.63. The summed E-state index contributed by atoms with van der Waals surface area (Å²) in [5.74, 6) is -0.277. The van der Waals surface area contributed by atoms with Crippen molar-refractivity contribution in [3.8, 4) is 0 Å². The van der Waals surface area contributed by atoms with Gasteiger partial charge in [-0.25, -0.2) is 9.69 Å². The number of rotatable bonds is 7. The topological polar surface area (TPSA) is 71.0 Å². The molecule has 1 atom stereocenters. The molecular weight excluding hydrogens is 270 g/mol. The lowest BCUT2D eigenvalue weighted by Gasteiger charge is -2.06. The molecule has 21 heavy (non-hydrogen) atoms. The van der Waals surface area contributed by atoms with Gasteiger partial charge >= 0.3 is 6.03 Å². The van der Waals surface area contributed by atoms with E-state index in [1.165, 1.54) is 0 Å². The minimum atomic E-state index is -0.451. The summed E-state index contributed by atoms with van der Waals surface area (Å²) in [5, 5.41) is 6.32. The Morgan fingerprint density at radius 3 is 2.81 bits per heavy atom. The Kier molecular flexibility index (Phi) is 5.31. The van der Waals surface area contributed by atoms with E-state index in [1.54, 1.807) is 0 Å². The molecule has 1 N–H and O–H groups in total. The summed E-state index contributed by atoms with van der Waals surface area (Å²) in [7, 11) is 0. The number of nitrogens with zero attached hydrogens (tertiary/aromatic N) is 2. The maximum absolute atomic E-state index is 12.0. The third kappa shape index (κ3) is 4.05. The maximum atomic E-state index is 12.0. The number of carbonyl (C=O) groups is 2. The van der Waals surface area contributed by atoms with Gasteiger partial charge in [-0.2, -0.15) is 0 Å². The second-order valence-electron chi connectivity index (χ2n) is 4.83. The summed E-state index contributed by atoms with van der Waals surface area (Å²) in [6.45, 7) is 2.33. The van der Waals surface area contributed by atoms with Gasteiger partial charge in [0.25, 0.3) is 5.91 Å². The molecule has 2 rings (SSSR count). The highest BCUT2D eigenvalue weighted by Crippen LogP contribution is 2.11. The predicted octanol–water partition coefficient (Wildman–Crippen LogP) is 2.26. The van der Waals surface area contributed by atoms with E-state index in [2.05, 4.69) is 10.5 Å². The molecule has 0 aliphatic carbocycles. The standard InChI is InChI=1S/C15H19N3O3/c1-2-3-9-13-14(19)18(15(20)17-13)11-16-21-10-12-7-5-4-6-8-12/h4-8,11,13H,2-3,9-10H2,1H3,(H,17,20). The Bertz CT molecular complexity index is 516. The molecule has 0 bridgehead atoms. The van der Waals surface area contributed by atoms with E-state index in [0.717, 1.165) is 29.6 Å². The summed E-state index contributed by atoms with van der Waals surface area (Å²) >= 11 is 0. The molecule has 1 fully saturated rings. The minimum absolute atomic E-state index is 0.277. The summed E-state index contributed by atoms with van der Waals surface area (Å²) in [6.07, 6.45) is 3.66. The fraction of sp³-hybridized carbons (Fsp3) is 0.400. The third-order valence-electron chi connectivity index (χ3n) is 3.21. The zero-order valence-electron chi connectivity index (χ0n) is 12.0. The van der Waals surface area contributed by atoms with E-state index < -0.39 is 12.1 Å². The number of amides is 3. The molecule has 1 heterocycles. The lowest BCUT2D eigenvalue weighted by molar-refractivity contribution is -0.124. The Balaban J connectivity index is 1.83. The number of unbranched alkanes of at least 4 members (excludes halogenated alkanes) is 1. The van der Waals surface area contributed by atoms with Crippen molar-refractivity contribution < 1.29 is 14.4 Å². The molecule has 1 aromatic carbocycles. The van der Waals surface area contributed by atoms with Crippen molar-refractivity contribution in [2.24, 2.45) is 5.16 Å². The Labute approximate surface area is 123 Å². The van der Waals surface area contributed by atoms with Crippen LogP contribution < -0.4 is 5.32 Å². The van der Waals surface area contributed by atoms with Crippen molar-refractivity contribution >= 4 is 18.3 Å². The summed E-state index contributed by atoms with van der Waals surface area (Å²) in [4.78, 5) is 29.7. The lowest BCUT2D eigenvalue weighted by atomic mass is 10.1. The monoisotopic (exact) mass is 289 g/mol. The normalized spacial score (nSPS) is 18.3. The third-order valence-corrected chi connectivity index (χ3v) is 3.21. The molecule has 0 radical (unpaired) electrons. The summed E-state index contributed by atoms with van der Waals surface area (Å²) < 4.78 is 0. The van der Waals surface area contributed by atoms with Gasteiger partial charge in [-0.05, 0) is 12.0 Å². The highest BCUT2D eigenvalue weighted by molar-refractivity contribution is 6.12. The Morgan fingerprint density at radius 2 is 2.10 bits per heavy atom. The molecule has 3 amide bonds. The first kappa shape index (κ1) is 15.0. The smallest absolute Gasteiger partial charge is 0.330 e. The van der Waals surface area contributed by atoms with Gasteiger partial charge in [-0.3, -0.25) is 4.79 Å². The highest BCUT2D eigenvalue weighted by Gasteiger charge is 2.36. The van der Waals surface area contributed by atoms with E-state index >= 15 is 0 Å². The van der Waals surface area contributed by atoms with Crippen molar-refractivity contribution in [1.82, 2.24) is 10.2 Å². The molecule has 1 unspecified atom stereocenters. The molecule has 6 heteroatoms. The van der Waals surface area contributed by atoms with Crippen molar-refractivity contribution in [1.29, 1.82) is 0 Å². The van der Waals surface area contributed by atoms with Crippen LogP contribution in [-0.2, 0) is 16.2 Å². The fourth-order valence-electron chi connectivity index (χ4n) is 2.03. The van der Waals surface area contributed by atoms with Gasteiger partial charge in [-0.15, -0.1) is 0 Å². The zero-order valence-corrected chi connectivity index (χ0v) is 12.0. The SMILES string of the molecule is CCCCC1NC(=O)N(C=NOCc2ccccc2)C1=O. The number of oxime groups is 1.